The summed E-state index contributed by atoms with van der Waals surface area (Å²) in [6, 6.07) is 13.0. The number of halogens is 3. The zero-order chi connectivity index (χ0) is 14.8. The standard InChI is InChI=1S/C15H11F3N2S/c16-10-5-1-4-8-13(10)21-9-14-19-11-6-2-3-7-12(11)20(14)15(17)18/h1-8,15H,9H2. The van der Waals surface area contributed by atoms with E-state index in [0.717, 1.165) is 16.3 Å². The maximum atomic E-state index is 13.6. The molecule has 0 aliphatic rings. The number of alkyl halides is 2. The molecule has 1 aromatic heterocycles. The van der Waals surface area contributed by atoms with Crippen molar-refractivity contribution in [3.05, 3.63) is 60.2 Å². The number of rotatable bonds is 4. The van der Waals surface area contributed by atoms with E-state index in [2.05, 4.69) is 4.98 Å². The largest absolute Gasteiger partial charge is 0.320 e. The Morgan fingerprint density at radius 3 is 2.52 bits per heavy atom. The lowest BCUT2D eigenvalue weighted by atomic mass is 10.3. The fourth-order valence-corrected chi connectivity index (χ4v) is 2.99. The second kappa shape index (κ2) is 5.81. The molecule has 21 heavy (non-hydrogen) atoms. The topological polar surface area (TPSA) is 17.8 Å². The van der Waals surface area contributed by atoms with Crippen LogP contribution in [0.15, 0.2) is 53.4 Å². The van der Waals surface area contributed by atoms with Crippen molar-refractivity contribution in [3.8, 4) is 0 Å². The minimum atomic E-state index is -2.67. The molecule has 0 N–H and O–H groups in total. The third-order valence-corrected chi connectivity index (χ3v) is 4.10. The van der Waals surface area contributed by atoms with Gasteiger partial charge in [-0.05, 0) is 24.3 Å². The Balaban J connectivity index is 1.93. The molecule has 0 radical (unpaired) electrons. The minimum Gasteiger partial charge on any atom is -0.269 e. The first-order chi connectivity index (χ1) is 10.2. The third kappa shape index (κ3) is 2.76. The molecule has 2 nitrogen and oxygen atoms in total. The van der Waals surface area contributed by atoms with Crippen molar-refractivity contribution in [3.63, 3.8) is 0 Å². The van der Waals surface area contributed by atoms with Crippen molar-refractivity contribution in [1.82, 2.24) is 9.55 Å². The van der Waals surface area contributed by atoms with Gasteiger partial charge in [0.2, 0.25) is 0 Å². The van der Waals surface area contributed by atoms with Gasteiger partial charge in [-0.3, -0.25) is 4.57 Å². The Kier molecular flexibility index (Phi) is 3.88. The second-order valence-corrected chi connectivity index (χ2v) is 5.40. The van der Waals surface area contributed by atoms with Crippen LogP contribution < -0.4 is 0 Å². The van der Waals surface area contributed by atoms with Crippen LogP contribution in [0.2, 0.25) is 0 Å². The summed E-state index contributed by atoms with van der Waals surface area (Å²) in [6.45, 7) is -2.67. The molecule has 0 aliphatic heterocycles. The predicted octanol–water partition coefficient (Wildman–Crippen LogP) is 4.86. The molecule has 0 spiro atoms. The first-order valence-corrected chi connectivity index (χ1v) is 7.26. The van der Waals surface area contributed by atoms with Gasteiger partial charge >= 0.3 is 6.55 Å². The zero-order valence-corrected chi connectivity index (χ0v) is 11.7. The number of nitrogens with zero attached hydrogens (tertiary/aromatic N) is 2. The summed E-state index contributed by atoms with van der Waals surface area (Å²) in [5, 5.41) is 0. The van der Waals surface area contributed by atoms with E-state index in [1.54, 1.807) is 42.5 Å². The summed E-state index contributed by atoms with van der Waals surface area (Å²) < 4.78 is 40.9. The van der Waals surface area contributed by atoms with Gasteiger partial charge in [0.25, 0.3) is 0 Å². The van der Waals surface area contributed by atoms with Gasteiger partial charge in [-0.25, -0.2) is 9.37 Å². The van der Waals surface area contributed by atoms with Crippen molar-refractivity contribution in [1.29, 1.82) is 0 Å². The molecule has 3 aromatic rings. The van der Waals surface area contributed by atoms with Crippen LogP contribution in [0.5, 0.6) is 0 Å². The quantitative estimate of drug-likeness (QED) is 0.640. The van der Waals surface area contributed by atoms with Gasteiger partial charge in [-0.15, -0.1) is 11.8 Å². The van der Waals surface area contributed by atoms with Crippen molar-refractivity contribution >= 4 is 22.8 Å². The molecule has 0 saturated heterocycles. The number of para-hydroxylation sites is 2. The van der Waals surface area contributed by atoms with E-state index < -0.39 is 6.55 Å². The average molecular weight is 308 g/mol. The Labute approximate surface area is 123 Å². The van der Waals surface area contributed by atoms with E-state index in [4.69, 9.17) is 0 Å². The van der Waals surface area contributed by atoms with E-state index in [1.165, 1.54) is 6.07 Å². The minimum absolute atomic E-state index is 0.181. The predicted molar refractivity (Wildman–Crippen MR) is 76.9 cm³/mol. The molecule has 0 saturated carbocycles. The van der Waals surface area contributed by atoms with Crippen LogP contribution in [-0.4, -0.2) is 9.55 Å². The number of imidazole rings is 1. The Hall–Kier alpha value is -1.95. The first kappa shape index (κ1) is 14.0. The van der Waals surface area contributed by atoms with Crippen LogP contribution in [-0.2, 0) is 5.75 Å². The molecule has 108 valence electrons. The molecule has 0 unspecified atom stereocenters. The Bertz CT molecular complexity index is 770. The van der Waals surface area contributed by atoms with Crippen LogP contribution in [0.1, 0.15) is 12.4 Å². The number of benzene rings is 2. The molecule has 0 atom stereocenters. The van der Waals surface area contributed by atoms with Crippen molar-refractivity contribution in [2.24, 2.45) is 0 Å². The molecular formula is C15H11F3N2S. The summed E-state index contributed by atoms with van der Waals surface area (Å²) in [5.74, 6) is 0.0570. The smallest absolute Gasteiger partial charge is 0.269 e. The highest BCUT2D eigenvalue weighted by Gasteiger charge is 2.17. The van der Waals surface area contributed by atoms with Crippen molar-refractivity contribution in [2.45, 2.75) is 17.2 Å². The van der Waals surface area contributed by atoms with E-state index in [1.807, 2.05) is 0 Å². The summed E-state index contributed by atoms with van der Waals surface area (Å²) >= 11 is 1.16. The van der Waals surface area contributed by atoms with Crippen LogP contribution in [0.3, 0.4) is 0 Å². The maximum absolute atomic E-state index is 13.6. The van der Waals surface area contributed by atoms with Crippen LogP contribution in [0.25, 0.3) is 11.0 Å². The first-order valence-electron chi connectivity index (χ1n) is 6.28. The highest BCUT2D eigenvalue weighted by molar-refractivity contribution is 7.98. The molecule has 0 aliphatic carbocycles. The number of fused-ring (bicyclic) bond motifs is 1. The van der Waals surface area contributed by atoms with Gasteiger partial charge in [-0.1, -0.05) is 24.3 Å². The summed E-state index contributed by atoms with van der Waals surface area (Å²) in [6.07, 6.45) is 0. The number of hydrogen-bond donors (Lipinski definition) is 0. The normalized spacial score (nSPS) is 11.4. The Morgan fingerprint density at radius 2 is 1.76 bits per heavy atom. The lowest BCUT2D eigenvalue weighted by molar-refractivity contribution is 0.0722. The number of thioether (sulfide) groups is 1. The Morgan fingerprint density at radius 1 is 1.05 bits per heavy atom. The van der Waals surface area contributed by atoms with Crippen LogP contribution in [0, 0.1) is 5.82 Å². The number of aromatic nitrogens is 2. The van der Waals surface area contributed by atoms with E-state index in [9.17, 15) is 13.2 Å². The third-order valence-electron chi connectivity index (χ3n) is 3.06. The highest BCUT2D eigenvalue weighted by Crippen LogP contribution is 2.29. The monoisotopic (exact) mass is 308 g/mol. The molecular weight excluding hydrogens is 297 g/mol. The molecule has 3 rings (SSSR count). The van der Waals surface area contributed by atoms with Crippen molar-refractivity contribution in [2.75, 3.05) is 0 Å². The zero-order valence-electron chi connectivity index (χ0n) is 10.8. The lowest BCUT2D eigenvalue weighted by Crippen LogP contribution is -2.03. The number of hydrogen-bond acceptors (Lipinski definition) is 2. The molecule has 6 heteroatoms. The summed E-state index contributed by atoms with van der Waals surface area (Å²) in [4.78, 5) is 4.64. The van der Waals surface area contributed by atoms with Gasteiger partial charge in [0.05, 0.1) is 16.8 Å². The molecule has 1 heterocycles. The van der Waals surface area contributed by atoms with Gasteiger partial charge in [0.1, 0.15) is 11.6 Å². The van der Waals surface area contributed by atoms with Gasteiger partial charge < -0.3 is 0 Å². The maximum Gasteiger partial charge on any atom is 0.320 e. The molecule has 0 amide bonds. The van der Waals surface area contributed by atoms with E-state index in [0.29, 0.717) is 15.9 Å². The SMILES string of the molecule is Fc1ccccc1SCc1nc2ccccc2n1C(F)F. The fraction of sp³-hybridized carbons (Fsp3) is 0.133. The summed E-state index contributed by atoms with van der Waals surface area (Å²) in [7, 11) is 0. The lowest BCUT2D eigenvalue weighted by Gasteiger charge is -2.07. The average Bonchev–Trinajstić information content (AvgIpc) is 2.85. The van der Waals surface area contributed by atoms with Gasteiger partial charge in [-0.2, -0.15) is 8.78 Å². The summed E-state index contributed by atoms with van der Waals surface area (Å²) in [5.41, 5.74) is 0.901. The highest BCUT2D eigenvalue weighted by atomic mass is 32.2. The van der Waals surface area contributed by atoms with Crippen LogP contribution >= 0.6 is 11.8 Å². The fourth-order valence-electron chi connectivity index (χ4n) is 2.12. The molecule has 0 fully saturated rings. The molecule has 0 bridgehead atoms. The van der Waals surface area contributed by atoms with E-state index in [-0.39, 0.29) is 17.4 Å². The van der Waals surface area contributed by atoms with Gasteiger partial charge in [0.15, 0.2) is 0 Å². The van der Waals surface area contributed by atoms with Crippen molar-refractivity contribution < 1.29 is 13.2 Å². The molecule has 2 aromatic carbocycles. The van der Waals surface area contributed by atoms with Crippen LogP contribution in [0.4, 0.5) is 13.2 Å². The van der Waals surface area contributed by atoms with Gasteiger partial charge in [0, 0.05) is 4.90 Å². The second-order valence-electron chi connectivity index (χ2n) is 4.38. The van der Waals surface area contributed by atoms with E-state index >= 15 is 0 Å².